The number of aliphatic imine (C=N–C) groups is 1. The second kappa shape index (κ2) is 12.1. The molecule has 2 aromatic carbocycles. The number of amides is 1. The molecule has 4 rings (SSSR count). The Morgan fingerprint density at radius 2 is 1.77 bits per heavy atom. The predicted octanol–water partition coefficient (Wildman–Crippen LogP) is 5.82. The first-order chi connectivity index (χ1) is 18.7. The van der Waals surface area contributed by atoms with Crippen LogP contribution >= 0.6 is 11.6 Å². The molecule has 39 heavy (non-hydrogen) atoms. The highest BCUT2D eigenvalue weighted by atomic mass is 35.5. The molecule has 1 amide bonds. The summed E-state index contributed by atoms with van der Waals surface area (Å²) in [6.45, 7) is 1.63. The van der Waals surface area contributed by atoms with E-state index in [0.29, 0.717) is 0 Å². The number of nitrogens with zero attached hydrogens (tertiary/aromatic N) is 4. The van der Waals surface area contributed by atoms with Crippen molar-refractivity contribution in [2.45, 2.75) is 25.4 Å². The third-order valence-electron chi connectivity index (χ3n) is 6.04. The number of piperidine rings is 1. The number of benzene rings is 2. The Balaban J connectivity index is 1.67. The van der Waals surface area contributed by atoms with Gasteiger partial charge in [-0.3, -0.25) is 14.6 Å². The van der Waals surface area contributed by atoms with E-state index in [-0.39, 0.29) is 28.3 Å². The van der Waals surface area contributed by atoms with E-state index in [1.807, 2.05) is 0 Å². The SMILES string of the molecule is N/C=C(\C=Nc1ccc(Cl)c(C(F)(F)F)c1)C(=O)c1cc(N2CCCCC2)ccc1NC(=O)c1ncccn1. The van der Waals surface area contributed by atoms with Crippen LogP contribution in [0.5, 0.6) is 0 Å². The van der Waals surface area contributed by atoms with Crippen molar-refractivity contribution in [2.75, 3.05) is 23.3 Å². The molecule has 1 fully saturated rings. The molecule has 1 aliphatic heterocycles. The number of carbonyl (C=O) groups is 2. The van der Waals surface area contributed by atoms with Crippen molar-refractivity contribution in [3.05, 3.63) is 88.6 Å². The normalized spacial score (nSPS) is 14.5. The number of hydrogen-bond donors (Lipinski definition) is 2. The molecule has 0 unspecified atom stereocenters. The van der Waals surface area contributed by atoms with Crippen LogP contribution in [0.15, 0.2) is 71.6 Å². The van der Waals surface area contributed by atoms with Gasteiger partial charge in [0.25, 0.3) is 5.91 Å². The number of nitrogens with two attached hydrogens (primary N) is 1. The Morgan fingerprint density at radius 1 is 1.05 bits per heavy atom. The van der Waals surface area contributed by atoms with E-state index in [9.17, 15) is 22.8 Å². The highest BCUT2D eigenvalue weighted by Gasteiger charge is 2.33. The number of halogens is 4. The van der Waals surface area contributed by atoms with Crippen molar-refractivity contribution in [2.24, 2.45) is 10.7 Å². The molecule has 0 atom stereocenters. The maximum Gasteiger partial charge on any atom is 0.417 e. The van der Waals surface area contributed by atoms with E-state index in [1.54, 1.807) is 24.3 Å². The third kappa shape index (κ3) is 6.80. The molecular weight excluding hydrogens is 533 g/mol. The molecule has 3 aromatic rings. The zero-order valence-corrected chi connectivity index (χ0v) is 21.3. The lowest BCUT2D eigenvalue weighted by Crippen LogP contribution is -2.29. The lowest BCUT2D eigenvalue weighted by molar-refractivity contribution is -0.137. The zero-order valence-electron chi connectivity index (χ0n) is 20.6. The molecule has 202 valence electrons. The summed E-state index contributed by atoms with van der Waals surface area (Å²) in [5.41, 5.74) is 5.61. The highest BCUT2D eigenvalue weighted by molar-refractivity contribution is 6.31. The summed E-state index contributed by atoms with van der Waals surface area (Å²) < 4.78 is 39.7. The minimum Gasteiger partial charge on any atom is -0.404 e. The predicted molar refractivity (Wildman–Crippen MR) is 144 cm³/mol. The summed E-state index contributed by atoms with van der Waals surface area (Å²) >= 11 is 5.68. The monoisotopic (exact) mass is 556 g/mol. The topological polar surface area (TPSA) is 114 Å². The average Bonchev–Trinajstić information content (AvgIpc) is 2.94. The first-order valence-corrected chi connectivity index (χ1v) is 12.4. The van der Waals surface area contributed by atoms with E-state index in [0.717, 1.165) is 62.6 Å². The van der Waals surface area contributed by atoms with Crippen molar-refractivity contribution in [3.63, 3.8) is 0 Å². The maximum atomic E-state index is 13.6. The van der Waals surface area contributed by atoms with Crippen molar-refractivity contribution >= 4 is 46.6 Å². The number of alkyl halides is 3. The number of hydrogen-bond acceptors (Lipinski definition) is 7. The first kappa shape index (κ1) is 27.8. The van der Waals surface area contributed by atoms with Gasteiger partial charge in [-0.05, 0) is 61.7 Å². The molecule has 1 saturated heterocycles. The van der Waals surface area contributed by atoms with Crippen LogP contribution in [0.4, 0.5) is 30.2 Å². The molecule has 12 heteroatoms. The highest BCUT2D eigenvalue weighted by Crippen LogP contribution is 2.37. The van der Waals surface area contributed by atoms with E-state index < -0.39 is 28.5 Å². The summed E-state index contributed by atoms with van der Waals surface area (Å²) in [4.78, 5) is 40.4. The van der Waals surface area contributed by atoms with Crippen molar-refractivity contribution in [1.29, 1.82) is 0 Å². The van der Waals surface area contributed by atoms with E-state index >= 15 is 0 Å². The van der Waals surface area contributed by atoms with Gasteiger partial charge in [-0.1, -0.05) is 11.6 Å². The number of anilines is 2. The number of ketones is 1. The molecule has 2 heterocycles. The zero-order chi connectivity index (χ0) is 28.0. The molecule has 0 bridgehead atoms. The van der Waals surface area contributed by atoms with Crippen LogP contribution in [0.25, 0.3) is 0 Å². The second-order valence-electron chi connectivity index (χ2n) is 8.68. The van der Waals surface area contributed by atoms with Crippen LogP contribution in [0.2, 0.25) is 5.02 Å². The van der Waals surface area contributed by atoms with Gasteiger partial charge in [0.15, 0.2) is 5.78 Å². The van der Waals surface area contributed by atoms with Crippen LogP contribution in [0, 0.1) is 0 Å². The fourth-order valence-electron chi connectivity index (χ4n) is 4.06. The minimum absolute atomic E-state index is 0.0734. The van der Waals surface area contributed by atoms with Gasteiger partial charge < -0.3 is 16.0 Å². The summed E-state index contributed by atoms with van der Waals surface area (Å²) in [5, 5.41) is 2.20. The number of rotatable bonds is 7. The van der Waals surface area contributed by atoms with Crippen LogP contribution in [0.1, 0.15) is 45.8 Å². The van der Waals surface area contributed by atoms with Gasteiger partial charge in [-0.15, -0.1) is 0 Å². The fraction of sp³-hybridized carbons (Fsp3) is 0.222. The van der Waals surface area contributed by atoms with Gasteiger partial charge in [0.1, 0.15) is 0 Å². The van der Waals surface area contributed by atoms with Gasteiger partial charge in [0.05, 0.1) is 27.5 Å². The molecule has 0 saturated carbocycles. The van der Waals surface area contributed by atoms with Gasteiger partial charge in [0, 0.05) is 49.1 Å². The van der Waals surface area contributed by atoms with Crippen LogP contribution < -0.4 is 16.0 Å². The molecule has 1 aliphatic rings. The molecule has 8 nitrogen and oxygen atoms in total. The summed E-state index contributed by atoms with van der Waals surface area (Å²) in [6, 6.07) is 9.76. The number of carbonyl (C=O) groups excluding carboxylic acids is 2. The number of Topliss-reactive ketones (excluding diaryl/α,β-unsaturated/α-hetero) is 1. The summed E-state index contributed by atoms with van der Waals surface area (Å²) in [5.74, 6) is -1.30. The third-order valence-corrected chi connectivity index (χ3v) is 6.37. The Hall–Kier alpha value is -4.25. The van der Waals surface area contributed by atoms with E-state index in [4.69, 9.17) is 17.3 Å². The van der Waals surface area contributed by atoms with Gasteiger partial charge in [-0.25, -0.2) is 9.97 Å². The van der Waals surface area contributed by atoms with E-state index in [2.05, 4.69) is 25.2 Å². The number of nitrogens with one attached hydrogen (secondary N) is 1. The number of allylic oxidation sites excluding steroid dienone is 1. The maximum absolute atomic E-state index is 13.6. The first-order valence-electron chi connectivity index (χ1n) is 12.0. The Bertz CT molecular complexity index is 1420. The molecule has 0 radical (unpaired) electrons. The van der Waals surface area contributed by atoms with Crippen molar-refractivity contribution in [3.8, 4) is 0 Å². The minimum atomic E-state index is -4.67. The average molecular weight is 557 g/mol. The lowest BCUT2D eigenvalue weighted by atomic mass is 10.0. The largest absolute Gasteiger partial charge is 0.417 e. The second-order valence-corrected chi connectivity index (χ2v) is 9.08. The van der Waals surface area contributed by atoms with Crippen LogP contribution in [-0.2, 0) is 6.18 Å². The standard InChI is InChI=1S/C27H24ClF3N6O2/c28-22-7-5-18(13-21(22)27(29,30)31)35-16-17(15-32)24(38)20-14-19(37-11-2-1-3-12-37)6-8-23(20)36-26(39)25-33-9-4-10-34-25/h4-10,13-16H,1-3,11-12,32H2,(H,36,39)/b17-15+,35-16?. The Kier molecular flexibility index (Phi) is 8.60. The van der Waals surface area contributed by atoms with Crippen molar-refractivity contribution in [1.82, 2.24) is 9.97 Å². The smallest absolute Gasteiger partial charge is 0.404 e. The quantitative estimate of drug-likeness (QED) is 0.215. The lowest BCUT2D eigenvalue weighted by Gasteiger charge is -2.29. The van der Waals surface area contributed by atoms with E-state index in [1.165, 1.54) is 18.5 Å². The van der Waals surface area contributed by atoms with Crippen molar-refractivity contribution < 1.29 is 22.8 Å². The van der Waals surface area contributed by atoms with Gasteiger partial charge >= 0.3 is 6.18 Å². The van der Waals surface area contributed by atoms with Crippen LogP contribution in [0.3, 0.4) is 0 Å². The summed E-state index contributed by atoms with van der Waals surface area (Å²) in [7, 11) is 0. The molecule has 3 N–H and O–H groups in total. The molecule has 0 spiro atoms. The molecule has 1 aromatic heterocycles. The van der Waals surface area contributed by atoms with Gasteiger partial charge in [0.2, 0.25) is 5.82 Å². The Morgan fingerprint density at radius 3 is 2.44 bits per heavy atom. The number of aromatic nitrogens is 2. The van der Waals surface area contributed by atoms with Crippen LogP contribution in [-0.4, -0.2) is 41.0 Å². The molecule has 0 aliphatic carbocycles. The summed E-state index contributed by atoms with van der Waals surface area (Å²) in [6.07, 6.45) is 3.38. The Labute approximate surface area is 227 Å². The fourth-order valence-corrected chi connectivity index (χ4v) is 4.28. The molecular formula is C27H24ClF3N6O2. The van der Waals surface area contributed by atoms with Gasteiger partial charge in [-0.2, -0.15) is 13.2 Å².